The topological polar surface area (TPSA) is 61.8 Å². The molecule has 0 radical (unpaired) electrons. The van der Waals surface area contributed by atoms with E-state index < -0.39 is 5.60 Å². The molecule has 1 rings (SSSR count). The second-order valence-electron chi connectivity index (χ2n) is 6.87. The van der Waals surface area contributed by atoms with Crippen LogP contribution in [0.5, 0.6) is 0 Å². The standard InChI is InChI=1S/C15H30N2O3/c1-11(18)9-16-12(2)13-7-6-8-17(10-13)14(19)20-15(3,4)5/h11-13,16,18H,6-10H2,1-5H3. The SMILES string of the molecule is CC(O)CNC(C)C1CCCN(C(=O)OC(C)(C)C)C1. The molecule has 118 valence electrons. The molecule has 1 saturated heterocycles. The molecule has 5 heteroatoms. The van der Waals surface area contributed by atoms with Crippen LogP contribution in [0.4, 0.5) is 4.79 Å². The third-order valence-electron chi connectivity index (χ3n) is 3.55. The van der Waals surface area contributed by atoms with Crippen molar-refractivity contribution in [2.75, 3.05) is 19.6 Å². The lowest BCUT2D eigenvalue weighted by Gasteiger charge is -2.37. The molecule has 1 aliphatic heterocycles. The molecule has 1 heterocycles. The Kier molecular flexibility index (Phi) is 6.27. The van der Waals surface area contributed by atoms with Gasteiger partial charge in [0.2, 0.25) is 0 Å². The lowest BCUT2D eigenvalue weighted by Crippen LogP contribution is -2.48. The van der Waals surface area contributed by atoms with Crippen LogP contribution in [0, 0.1) is 5.92 Å². The Morgan fingerprint density at radius 3 is 2.65 bits per heavy atom. The minimum absolute atomic E-state index is 0.218. The number of hydrogen-bond acceptors (Lipinski definition) is 4. The number of nitrogens with zero attached hydrogens (tertiary/aromatic N) is 1. The Hall–Kier alpha value is -0.810. The summed E-state index contributed by atoms with van der Waals surface area (Å²) in [5.41, 5.74) is -0.444. The van der Waals surface area contributed by atoms with Gasteiger partial charge in [-0.1, -0.05) is 0 Å². The average Bonchev–Trinajstić information content (AvgIpc) is 2.34. The minimum Gasteiger partial charge on any atom is -0.444 e. The Morgan fingerprint density at radius 1 is 1.45 bits per heavy atom. The fourth-order valence-corrected chi connectivity index (χ4v) is 2.43. The molecule has 0 saturated carbocycles. The molecule has 5 nitrogen and oxygen atoms in total. The van der Waals surface area contributed by atoms with Crippen LogP contribution in [0.15, 0.2) is 0 Å². The van der Waals surface area contributed by atoms with Crippen LogP contribution in [-0.4, -0.2) is 53.5 Å². The van der Waals surface area contributed by atoms with Crippen LogP contribution >= 0.6 is 0 Å². The first-order valence-electron chi connectivity index (χ1n) is 7.58. The minimum atomic E-state index is -0.444. The summed E-state index contributed by atoms with van der Waals surface area (Å²) in [6.45, 7) is 11.6. The molecule has 1 amide bonds. The van der Waals surface area contributed by atoms with Gasteiger partial charge in [-0.3, -0.25) is 0 Å². The third-order valence-corrected chi connectivity index (χ3v) is 3.55. The maximum absolute atomic E-state index is 12.1. The predicted octanol–water partition coefficient (Wildman–Crippen LogP) is 1.99. The lowest BCUT2D eigenvalue weighted by molar-refractivity contribution is 0.0145. The van der Waals surface area contributed by atoms with E-state index in [0.717, 1.165) is 25.9 Å². The van der Waals surface area contributed by atoms with Crippen molar-refractivity contribution in [3.63, 3.8) is 0 Å². The van der Waals surface area contributed by atoms with E-state index in [9.17, 15) is 9.90 Å². The summed E-state index contributed by atoms with van der Waals surface area (Å²) >= 11 is 0. The quantitative estimate of drug-likeness (QED) is 0.829. The fraction of sp³-hybridized carbons (Fsp3) is 0.933. The first-order valence-corrected chi connectivity index (χ1v) is 7.58. The first kappa shape index (κ1) is 17.2. The molecule has 0 aromatic rings. The number of ether oxygens (including phenoxy) is 1. The largest absolute Gasteiger partial charge is 0.444 e. The number of carbonyl (C=O) groups is 1. The normalized spacial score (nSPS) is 23.3. The van der Waals surface area contributed by atoms with Gasteiger partial charge >= 0.3 is 6.09 Å². The smallest absolute Gasteiger partial charge is 0.410 e. The number of aliphatic hydroxyl groups is 1. The summed E-state index contributed by atoms with van der Waals surface area (Å²) in [4.78, 5) is 13.9. The van der Waals surface area contributed by atoms with Gasteiger partial charge in [-0.15, -0.1) is 0 Å². The fourth-order valence-electron chi connectivity index (χ4n) is 2.43. The van der Waals surface area contributed by atoms with E-state index in [1.807, 2.05) is 20.8 Å². The molecule has 0 aromatic carbocycles. The molecule has 3 atom stereocenters. The van der Waals surface area contributed by atoms with Crippen LogP contribution in [0.3, 0.4) is 0 Å². The monoisotopic (exact) mass is 286 g/mol. The number of hydrogen-bond donors (Lipinski definition) is 2. The summed E-state index contributed by atoms with van der Waals surface area (Å²) in [6, 6.07) is 0.287. The maximum Gasteiger partial charge on any atom is 0.410 e. The summed E-state index contributed by atoms with van der Waals surface area (Å²) in [5, 5.41) is 12.7. The van der Waals surface area contributed by atoms with Gasteiger partial charge in [0.25, 0.3) is 0 Å². The van der Waals surface area contributed by atoms with Crippen molar-refractivity contribution in [3.05, 3.63) is 0 Å². The molecule has 0 aliphatic carbocycles. The Morgan fingerprint density at radius 2 is 2.10 bits per heavy atom. The van der Waals surface area contributed by atoms with Gasteiger partial charge in [0.15, 0.2) is 0 Å². The Bertz CT molecular complexity index is 313. The summed E-state index contributed by atoms with van der Waals surface area (Å²) in [6.07, 6.45) is 1.55. The first-order chi connectivity index (χ1) is 9.19. The highest BCUT2D eigenvalue weighted by Crippen LogP contribution is 2.21. The van der Waals surface area contributed by atoms with Gasteiger partial charge < -0.3 is 20.1 Å². The van der Waals surface area contributed by atoms with E-state index in [1.165, 1.54) is 0 Å². The zero-order chi connectivity index (χ0) is 15.3. The van der Waals surface area contributed by atoms with Gasteiger partial charge in [0, 0.05) is 25.7 Å². The highest BCUT2D eigenvalue weighted by atomic mass is 16.6. The van der Waals surface area contributed by atoms with Crippen molar-refractivity contribution in [1.29, 1.82) is 0 Å². The van der Waals surface area contributed by atoms with Crippen molar-refractivity contribution in [2.24, 2.45) is 5.92 Å². The average molecular weight is 286 g/mol. The Labute approximate surface area is 122 Å². The van der Waals surface area contributed by atoms with Crippen molar-refractivity contribution in [3.8, 4) is 0 Å². The zero-order valence-corrected chi connectivity index (χ0v) is 13.5. The zero-order valence-electron chi connectivity index (χ0n) is 13.5. The van der Waals surface area contributed by atoms with Crippen molar-refractivity contribution in [2.45, 2.75) is 65.2 Å². The molecular formula is C15H30N2O3. The predicted molar refractivity (Wildman–Crippen MR) is 79.7 cm³/mol. The summed E-state index contributed by atoms with van der Waals surface area (Å²) in [7, 11) is 0. The molecule has 20 heavy (non-hydrogen) atoms. The number of amides is 1. The van der Waals surface area contributed by atoms with E-state index in [4.69, 9.17) is 4.74 Å². The molecule has 0 bridgehead atoms. The molecule has 2 N–H and O–H groups in total. The van der Waals surface area contributed by atoms with Gasteiger partial charge in [-0.25, -0.2) is 4.79 Å². The summed E-state index contributed by atoms with van der Waals surface area (Å²) < 4.78 is 5.43. The maximum atomic E-state index is 12.1. The molecule has 0 spiro atoms. The molecular weight excluding hydrogens is 256 g/mol. The van der Waals surface area contributed by atoms with Crippen molar-refractivity contribution >= 4 is 6.09 Å². The third kappa shape index (κ3) is 6.09. The number of rotatable bonds is 4. The van der Waals surface area contributed by atoms with E-state index in [-0.39, 0.29) is 18.2 Å². The van der Waals surface area contributed by atoms with Crippen LogP contribution in [0.2, 0.25) is 0 Å². The van der Waals surface area contributed by atoms with E-state index >= 15 is 0 Å². The Balaban J connectivity index is 2.47. The molecule has 1 aliphatic rings. The van der Waals surface area contributed by atoms with Crippen LogP contribution in [0.25, 0.3) is 0 Å². The number of likely N-dealkylation sites (tertiary alicyclic amines) is 1. The van der Waals surface area contributed by atoms with Crippen LogP contribution in [0.1, 0.15) is 47.5 Å². The van der Waals surface area contributed by atoms with Crippen molar-refractivity contribution < 1.29 is 14.6 Å². The van der Waals surface area contributed by atoms with E-state index in [1.54, 1.807) is 11.8 Å². The highest BCUT2D eigenvalue weighted by Gasteiger charge is 2.29. The van der Waals surface area contributed by atoms with E-state index in [2.05, 4.69) is 12.2 Å². The highest BCUT2D eigenvalue weighted by molar-refractivity contribution is 5.68. The second kappa shape index (κ2) is 7.27. The molecule has 3 unspecified atom stereocenters. The van der Waals surface area contributed by atoms with Gasteiger partial charge in [0.1, 0.15) is 5.60 Å². The second-order valence-corrected chi connectivity index (χ2v) is 6.87. The van der Waals surface area contributed by atoms with Gasteiger partial charge in [-0.2, -0.15) is 0 Å². The van der Waals surface area contributed by atoms with Crippen LogP contribution < -0.4 is 5.32 Å². The molecule has 1 fully saturated rings. The lowest BCUT2D eigenvalue weighted by atomic mass is 9.91. The van der Waals surface area contributed by atoms with E-state index in [0.29, 0.717) is 12.5 Å². The summed E-state index contributed by atoms with van der Waals surface area (Å²) in [5.74, 6) is 0.412. The van der Waals surface area contributed by atoms with Gasteiger partial charge in [-0.05, 0) is 53.4 Å². The van der Waals surface area contributed by atoms with Crippen LogP contribution in [-0.2, 0) is 4.74 Å². The van der Waals surface area contributed by atoms with Crippen molar-refractivity contribution in [1.82, 2.24) is 10.2 Å². The number of aliphatic hydroxyl groups excluding tert-OH is 1. The number of piperidine rings is 1. The van der Waals surface area contributed by atoms with Gasteiger partial charge in [0.05, 0.1) is 6.10 Å². The number of nitrogens with one attached hydrogen (secondary N) is 1. The molecule has 0 aromatic heterocycles. The number of carbonyl (C=O) groups excluding carboxylic acids is 1.